The van der Waals surface area contributed by atoms with Crippen LogP contribution in [0.2, 0.25) is 0 Å². The van der Waals surface area contributed by atoms with Crippen LogP contribution in [-0.2, 0) is 12.8 Å². The van der Waals surface area contributed by atoms with Crippen LogP contribution in [0.3, 0.4) is 0 Å². The molecule has 3 rings (SSSR count). The van der Waals surface area contributed by atoms with E-state index >= 15 is 0 Å². The third-order valence-corrected chi connectivity index (χ3v) is 3.36. The van der Waals surface area contributed by atoms with Gasteiger partial charge in [0.05, 0.1) is 19.9 Å². The standard InChI is InChI=1S/C14H15NO3/c1-16-12-7-6-9(8-13(12)17-2)14-10-4-3-5-11(10)15-18-14/h6-8H,3-5H2,1-2H3. The van der Waals surface area contributed by atoms with E-state index in [1.54, 1.807) is 14.2 Å². The van der Waals surface area contributed by atoms with Crippen molar-refractivity contribution in [3.63, 3.8) is 0 Å². The molecule has 1 aliphatic rings. The molecule has 0 atom stereocenters. The van der Waals surface area contributed by atoms with Gasteiger partial charge < -0.3 is 14.0 Å². The van der Waals surface area contributed by atoms with Gasteiger partial charge in [0.2, 0.25) is 0 Å². The summed E-state index contributed by atoms with van der Waals surface area (Å²) in [6.45, 7) is 0. The molecule has 0 bridgehead atoms. The van der Waals surface area contributed by atoms with Crippen molar-refractivity contribution in [3.05, 3.63) is 29.5 Å². The summed E-state index contributed by atoms with van der Waals surface area (Å²) < 4.78 is 16.0. The minimum Gasteiger partial charge on any atom is -0.493 e. The Morgan fingerprint density at radius 2 is 1.94 bits per heavy atom. The highest BCUT2D eigenvalue weighted by Gasteiger charge is 2.22. The number of fused-ring (bicyclic) bond motifs is 1. The maximum Gasteiger partial charge on any atom is 0.170 e. The molecular formula is C14H15NO3. The zero-order valence-electron chi connectivity index (χ0n) is 10.5. The van der Waals surface area contributed by atoms with Gasteiger partial charge in [0, 0.05) is 11.1 Å². The summed E-state index contributed by atoms with van der Waals surface area (Å²) in [5.74, 6) is 2.29. The number of rotatable bonds is 3. The molecule has 4 heteroatoms. The number of methoxy groups -OCH3 is 2. The topological polar surface area (TPSA) is 44.5 Å². The zero-order valence-corrected chi connectivity index (χ0v) is 10.5. The Morgan fingerprint density at radius 3 is 2.72 bits per heavy atom. The first-order valence-corrected chi connectivity index (χ1v) is 6.03. The van der Waals surface area contributed by atoms with Crippen molar-refractivity contribution in [2.75, 3.05) is 14.2 Å². The van der Waals surface area contributed by atoms with Gasteiger partial charge in [-0.1, -0.05) is 5.16 Å². The second-order valence-corrected chi connectivity index (χ2v) is 4.36. The molecule has 0 saturated carbocycles. The predicted molar refractivity (Wildman–Crippen MR) is 67.1 cm³/mol. The molecule has 0 N–H and O–H groups in total. The number of ether oxygens (including phenoxy) is 2. The lowest BCUT2D eigenvalue weighted by molar-refractivity contribution is 0.355. The normalized spacial score (nSPS) is 13.4. The van der Waals surface area contributed by atoms with E-state index in [-0.39, 0.29) is 0 Å². The highest BCUT2D eigenvalue weighted by molar-refractivity contribution is 5.66. The molecule has 94 valence electrons. The molecule has 0 aliphatic heterocycles. The summed E-state index contributed by atoms with van der Waals surface area (Å²) in [5.41, 5.74) is 3.32. The first-order chi connectivity index (χ1) is 8.83. The summed E-state index contributed by atoms with van der Waals surface area (Å²) in [6, 6.07) is 5.79. The largest absolute Gasteiger partial charge is 0.493 e. The first kappa shape index (κ1) is 11.1. The second-order valence-electron chi connectivity index (χ2n) is 4.36. The van der Waals surface area contributed by atoms with Gasteiger partial charge in [-0.05, 0) is 37.5 Å². The Morgan fingerprint density at radius 1 is 1.11 bits per heavy atom. The Bertz CT molecular complexity index is 574. The molecule has 0 radical (unpaired) electrons. The van der Waals surface area contributed by atoms with Crippen LogP contribution < -0.4 is 9.47 Å². The van der Waals surface area contributed by atoms with Crippen molar-refractivity contribution in [1.29, 1.82) is 0 Å². The van der Waals surface area contributed by atoms with Crippen LogP contribution in [0.4, 0.5) is 0 Å². The van der Waals surface area contributed by atoms with E-state index in [1.165, 1.54) is 5.56 Å². The fourth-order valence-corrected chi connectivity index (χ4v) is 2.43. The maximum atomic E-state index is 5.45. The highest BCUT2D eigenvalue weighted by Crippen LogP contribution is 2.36. The van der Waals surface area contributed by atoms with Crippen LogP contribution in [0.5, 0.6) is 11.5 Å². The molecule has 1 heterocycles. The van der Waals surface area contributed by atoms with Crippen LogP contribution in [0.1, 0.15) is 17.7 Å². The van der Waals surface area contributed by atoms with Gasteiger partial charge in [0.1, 0.15) is 0 Å². The average molecular weight is 245 g/mol. The molecule has 1 aromatic heterocycles. The summed E-state index contributed by atoms with van der Waals surface area (Å²) in [5, 5.41) is 4.12. The first-order valence-electron chi connectivity index (χ1n) is 6.03. The van der Waals surface area contributed by atoms with Crippen molar-refractivity contribution >= 4 is 0 Å². The van der Waals surface area contributed by atoms with Gasteiger partial charge in [-0.25, -0.2) is 0 Å². The molecule has 0 unspecified atom stereocenters. The van der Waals surface area contributed by atoms with Gasteiger partial charge in [0.15, 0.2) is 17.3 Å². The lowest BCUT2D eigenvalue weighted by Crippen LogP contribution is -1.91. The van der Waals surface area contributed by atoms with E-state index in [0.717, 1.165) is 42.0 Å². The quantitative estimate of drug-likeness (QED) is 0.834. The number of benzene rings is 1. The SMILES string of the molecule is COc1ccc(-c2onc3c2CCC3)cc1OC. The summed E-state index contributed by atoms with van der Waals surface area (Å²) >= 11 is 0. The van der Waals surface area contributed by atoms with E-state index in [9.17, 15) is 0 Å². The van der Waals surface area contributed by atoms with E-state index in [2.05, 4.69) is 5.16 Å². The van der Waals surface area contributed by atoms with Crippen LogP contribution in [-0.4, -0.2) is 19.4 Å². The lowest BCUT2D eigenvalue weighted by Gasteiger charge is -2.08. The van der Waals surface area contributed by atoms with Crippen LogP contribution in [0.15, 0.2) is 22.7 Å². The smallest absolute Gasteiger partial charge is 0.170 e. The number of nitrogens with zero attached hydrogens (tertiary/aromatic N) is 1. The Balaban J connectivity index is 2.06. The summed E-state index contributed by atoms with van der Waals surface area (Å²) in [7, 11) is 3.26. The number of hydrogen-bond donors (Lipinski definition) is 0. The van der Waals surface area contributed by atoms with Crippen molar-refractivity contribution in [2.45, 2.75) is 19.3 Å². The molecule has 1 aliphatic carbocycles. The van der Waals surface area contributed by atoms with Gasteiger partial charge in [-0.3, -0.25) is 0 Å². The van der Waals surface area contributed by atoms with Crippen LogP contribution in [0.25, 0.3) is 11.3 Å². The molecule has 0 amide bonds. The number of hydrogen-bond acceptors (Lipinski definition) is 4. The number of aryl methyl sites for hydroxylation is 1. The number of aromatic nitrogens is 1. The Hall–Kier alpha value is -1.97. The van der Waals surface area contributed by atoms with Gasteiger partial charge >= 0.3 is 0 Å². The monoisotopic (exact) mass is 245 g/mol. The third kappa shape index (κ3) is 1.65. The fourth-order valence-electron chi connectivity index (χ4n) is 2.43. The van der Waals surface area contributed by atoms with Crippen LogP contribution in [0, 0.1) is 0 Å². The molecule has 0 spiro atoms. The molecule has 0 saturated heterocycles. The lowest BCUT2D eigenvalue weighted by atomic mass is 10.1. The molecular weight excluding hydrogens is 230 g/mol. The van der Waals surface area contributed by atoms with Crippen molar-refractivity contribution in [2.24, 2.45) is 0 Å². The van der Waals surface area contributed by atoms with Gasteiger partial charge in [-0.2, -0.15) is 0 Å². The van der Waals surface area contributed by atoms with Crippen molar-refractivity contribution in [3.8, 4) is 22.8 Å². The highest BCUT2D eigenvalue weighted by atomic mass is 16.5. The third-order valence-electron chi connectivity index (χ3n) is 3.36. The fraction of sp³-hybridized carbons (Fsp3) is 0.357. The second kappa shape index (κ2) is 4.37. The maximum absolute atomic E-state index is 5.45. The van der Waals surface area contributed by atoms with E-state index in [1.807, 2.05) is 18.2 Å². The van der Waals surface area contributed by atoms with Crippen molar-refractivity contribution in [1.82, 2.24) is 5.16 Å². The molecule has 0 fully saturated rings. The minimum atomic E-state index is 0.707. The van der Waals surface area contributed by atoms with Crippen LogP contribution >= 0.6 is 0 Å². The molecule has 18 heavy (non-hydrogen) atoms. The minimum absolute atomic E-state index is 0.707. The summed E-state index contributed by atoms with van der Waals surface area (Å²) in [4.78, 5) is 0. The molecule has 2 aromatic rings. The Labute approximate surface area is 105 Å². The predicted octanol–water partition coefficient (Wildman–Crippen LogP) is 2.85. The van der Waals surface area contributed by atoms with E-state index in [0.29, 0.717) is 5.75 Å². The van der Waals surface area contributed by atoms with Crippen molar-refractivity contribution < 1.29 is 14.0 Å². The van der Waals surface area contributed by atoms with E-state index < -0.39 is 0 Å². The average Bonchev–Trinajstić information content (AvgIpc) is 3.00. The Kier molecular flexibility index (Phi) is 2.70. The van der Waals surface area contributed by atoms with Gasteiger partial charge in [0.25, 0.3) is 0 Å². The molecule has 1 aromatic carbocycles. The zero-order chi connectivity index (χ0) is 12.5. The summed E-state index contributed by atoms with van der Waals surface area (Å²) in [6.07, 6.45) is 3.23. The molecule has 4 nitrogen and oxygen atoms in total. The van der Waals surface area contributed by atoms with Gasteiger partial charge in [-0.15, -0.1) is 0 Å². The van der Waals surface area contributed by atoms with E-state index in [4.69, 9.17) is 14.0 Å².